The van der Waals surface area contributed by atoms with Crippen molar-refractivity contribution in [3.63, 3.8) is 0 Å². The van der Waals surface area contributed by atoms with Crippen molar-refractivity contribution in [1.29, 1.82) is 0 Å². The van der Waals surface area contributed by atoms with Gasteiger partial charge in [0.2, 0.25) is 0 Å². The highest BCUT2D eigenvalue weighted by atomic mass is 79.9. The molecule has 0 aromatic carbocycles. The van der Waals surface area contributed by atoms with Crippen molar-refractivity contribution in [3.05, 3.63) is 34.7 Å². The largest absolute Gasteiger partial charge is 0.376 e. The molecule has 136 valence electrons. The number of aromatic nitrogens is 2. The van der Waals surface area contributed by atoms with Gasteiger partial charge in [-0.05, 0) is 46.8 Å². The number of fused-ring (bicyclic) bond motifs is 1. The molecule has 1 aliphatic carbocycles. The van der Waals surface area contributed by atoms with E-state index in [0.29, 0.717) is 31.7 Å². The van der Waals surface area contributed by atoms with Crippen molar-refractivity contribution in [2.75, 3.05) is 13.2 Å². The lowest BCUT2D eigenvalue weighted by Crippen LogP contribution is -2.38. The second kappa shape index (κ2) is 8.67. The van der Waals surface area contributed by atoms with Crippen LogP contribution in [0, 0.1) is 5.92 Å². The number of amides is 2. The van der Waals surface area contributed by atoms with Gasteiger partial charge in [0.1, 0.15) is 5.65 Å². The van der Waals surface area contributed by atoms with Crippen LogP contribution in [0.2, 0.25) is 0 Å². The zero-order chi connectivity index (χ0) is 17.6. The maximum Gasteiger partial charge on any atom is 0.315 e. The molecule has 3 rings (SSSR count). The molecule has 2 aromatic rings. The Labute approximate surface area is 156 Å². The fourth-order valence-corrected chi connectivity index (χ4v) is 3.59. The summed E-state index contributed by atoms with van der Waals surface area (Å²) < 4.78 is 8.81. The SMILES string of the molecule is C[C@@H]1CCCC[C@@H]1OCCNC(=O)NCc1cn2cc(Br)ccc2n1. The average molecular weight is 409 g/mol. The van der Waals surface area contributed by atoms with E-state index in [1.165, 1.54) is 19.3 Å². The summed E-state index contributed by atoms with van der Waals surface area (Å²) in [5, 5.41) is 5.66. The highest BCUT2D eigenvalue weighted by Gasteiger charge is 2.21. The highest BCUT2D eigenvalue weighted by molar-refractivity contribution is 9.10. The number of imidazole rings is 1. The molecule has 0 radical (unpaired) electrons. The topological polar surface area (TPSA) is 67.7 Å². The van der Waals surface area contributed by atoms with E-state index in [-0.39, 0.29) is 6.03 Å². The average Bonchev–Trinajstić information content (AvgIpc) is 3.00. The van der Waals surface area contributed by atoms with Gasteiger partial charge in [-0.25, -0.2) is 9.78 Å². The summed E-state index contributed by atoms with van der Waals surface area (Å²) in [6, 6.07) is 3.68. The lowest BCUT2D eigenvalue weighted by molar-refractivity contribution is -0.00243. The normalized spacial score (nSPS) is 20.6. The van der Waals surface area contributed by atoms with Crippen molar-refractivity contribution in [3.8, 4) is 0 Å². The van der Waals surface area contributed by atoms with Crippen LogP contribution < -0.4 is 10.6 Å². The number of pyridine rings is 1. The molecule has 2 aromatic heterocycles. The number of hydrogen-bond acceptors (Lipinski definition) is 3. The van der Waals surface area contributed by atoms with Crippen LogP contribution in [0.15, 0.2) is 29.0 Å². The number of rotatable bonds is 6. The van der Waals surface area contributed by atoms with Gasteiger partial charge in [-0.15, -0.1) is 0 Å². The van der Waals surface area contributed by atoms with E-state index in [1.54, 1.807) is 0 Å². The third-order valence-corrected chi connectivity index (χ3v) is 5.12. The van der Waals surface area contributed by atoms with Crippen molar-refractivity contribution in [2.24, 2.45) is 5.92 Å². The van der Waals surface area contributed by atoms with Gasteiger partial charge in [0, 0.05) is 23.4 Å². The summed E-state index contributed by atoms with van der Waals surface area (Å²) in [5.74, 6) is 0.623. The minimum atomic E-state index is -0.196. The molecule has 2 heterocycles. The van der Waals surface area contributed by atoms with Crippen LogP contribution in [0.3, 0.4) is 0 Å². The maximum atomic E-state index is 11.9. The first-order chi connectivity index (χ1) is 12.1. The lowest BCUT2D eigenvalue weighted by atomic mass is 9.88. The molecule has 7 heteroatoms. The second-order valence-electron chi connectivity index (χ2n) is 6.63. The molecule has 1 fully saturated rings. The summed E-state index contributed by atoms with van der Waals surface area (Å²) in [6.45, 7) is 3.72. The van der Waals surface area contributed by atoms with Crippen molar-refractivity contribution in [1.82, 2.24) is 20.0 Å². The Morgan fingerprint density at radius 2 is 2.16 bits per heavy atom. The standard InChI is InChI=1S/C18H25BrN4O2/c1-13-4-2-3-5-16(13)25-9-8-20-18(24)21-10-15-12-23-11-14(19)6-7-17(23)22-15/h6-7,11-13,16H,2-5,8-10H2,1H3,(H2,20,21,24)/t13-,16+/m1/s1. The predicted molar refractivity (Wildman–Crippen MR) is 101 cm³/mol. The Bertz CT molecular complexity index is 718. The number of nitrogens with one attached hydrogen (secondary N) is 2. The van der Waals surface area contributed by atoms with Crippen LogP contribution in [0.25, 0.3) is 5.65 Å². The fraction of sp³-hybridized carbons (Fsp3) is 0.556. The Morgan fingerprint density at radius 3 is 3.00 bits per heavy atom. The molecule has 0 spiro atoms. The molecule has 6 nitrogen and oxygen atoms in total. The van der Waals surface area contributed by atoms with Gasteiger partial charge in [-0.2, -0.15) is 0 Å². The van der Waals surface area contributed by atoms with Crippen LogP contribution >= 0.6 is 15.9 Å². The zero-order valence-electron chi connectivity index (χ0n) is 14.5. The number of carbonyl (C=O) groups excluding carboxylic acids is 1. The third-order valence-electron chi connectivity index (χ3n) is 4.65. The first-order valence-electron chi connectivity index (χ1n) is 8.88. The van der Waals surface area contributed by atoms with Crippen molar-refractivity contribution < 1.29 is 9.53 Å². The predicted octanol–water partition coefficient (Wildman–Crippen LogP) is 3.49. The van der Waals surface area contributed by atoms with Crippen LogP contribution in [-0.2, 0) is 11.3 Å². The number of ether oxygens (including phenoxy) is 1. The monoisotopic (exact) mass is 408 g/mol. The van der Waals surface area contributed by atoms with Gasteiger partial charge in [0.15, 0.2) is 0 Å². The van der Waals surface area contributed by atoms with E-state index in [4.69, 9.17) is 4.74 Å². The quantitative estimate of drug-likeness (QED) is 0.718. The van der Waals surface area contributed by atoms with Crippen LogP contribution in [0.1, 0.15) is 38.3 Å². The molecule has 0 unspecified atom stereocenters. The Balaban J connectivity index is 1.36. The number of hydrogen-bond donors (Lipinski definition) is 2. The van der Waals surface area contributed by atoms with Crippen LogP contribution in [0.5, 0.6) is 0 Å². The highest BCUT2D eigenvalue weighted by Crippen LogP contribution is 2.25. The maximum absolute atomic E-state index is 11.9. The summed E-state index contributed by atoms with van der Waals surface area (Å²) in [6.07, 6.45) is 9.13. The number of halogens is 1. The third kappa shape index (κ3) is 5.19. The van der Waals surface area contributed by atoms with Crippen LogP contribution in [-0.4, -0.2) is 34.7 Å². The lowest BCUT2D eigenvalue weighted by Gasteiger charge is -2.28. The van der Waals surface area contributed by atoms with E-state index in [1.807, 2.05) is 28.9 Å². The van der Waals surface area contributed by atoms with Gasteiger partial charge in [0.05, 0.1) is 24.9 Å². The van der Waals surface area contributed by atoms with E-state index in [9.17, 15) is 4.79 Å². The van der Waals surface area contributed by atoms with E-state index in [2.05, 4.69) is 38.5 Å². The Morgan fingerprint density at radius 1 is 1.32 bits per heavy atom. The second-order valence-corrected chi connectivity index (χ2v) is 7.54. The zero-order valence-corrected chi connectivity index (χ0v) is 16.1. The molecule has 1 aliphatic rings. The first-order valence-corrected chi connectivity index (χ1v) is 9.67. The van der Waals surface area contributed by atoms with Gasteiger partial charge in [-0.3, -0.25) is 0 Å². The molecule has 25 heavy (non-hydrogen) atoms. The molecule has 2 atom stereocenters. The minimum absolute atomic E-state index is 0.196. The molecular formula is C18H25BrN4O2. The molecule has 2 N–H and O–H groups in total. The van der Waals surface area contributed by atoms with Gasteiger partial charge >= 0.3 is 6.03 Å². The minimum Gasteiger partial charge on any atom is -0.376 e. The van der Waals surface area contributed by atoms with Gasteiger partial charge < -0.3 is 19.8 Å². The summed E-state index contributed by atoms with van der Waals surface area (Å²) in [7, 11) is 0. The summed E-state index contributed by atoms with van der Waals surface area (Å²) in [5.41, 5.74) is 1.68. The van der Waals surface area contributed by atoms with Crippen molar-refractivity contribution in [2.45, 2.75) is 45.3 Å². The van der Waals surface area contributed by atoms with Gasteiger partial charge in [0.25, 0.3) is 0 Å². The smallest absolute Gasteiger partial charge is 0.315 e. The van der Waals surface area contributed by atoms with Crippen LogP contribution in [0.4, 0.5) is 4.79 Å². The molecule has 2 amide bonds. The number of urea groups is 1. The molecule has 1 saturated carbocycles. The van der Waals surface area contributed by atoms with E-state index in [0.717, 1.165) is 22.2 Å². The molecule has 0 aliphatic heterocycles. The van der Waals surface area contributed by atoms with Gasteiger partial charge in [-0.1, -0.05) is 19.8 Å². The molecular weight excluding hydrogens is 384 g/mol. The fourth-order valence-electron chi connectivity index (χ4n) is 3.24. The first kappa shape index (κ1) is 18.2. The Hall–Kier alpha value is -1.60. The van der Waals surface area contributed by atoms with E-state index >= 15 is 0 Å². The Kier molecular flexibility index (Phi) is 6.31. The number of nitrogens with zero attached hydrogens (tertiary/aromatic N) is 2. The summed E-state index contributed by atoms with van der Waals surface area (Å²) >= 11 is 3.43. The van der Waals surface area contributed by atoms with E-state index < -0.39 is 0 Å². The molecule has 0 saturated heterocycles. The summed E-state index contributed by atoms with van der Waals surface area (Å²) in [4.78, 5) is 16.3. The van der Waals surface area contributed by atoms with Crippen molar-refractivity contribution >= 4 is 27.6 Å². The molecule has 0 bridgehead atoms. The number of carbonyl (C=O) groups is 1.